The molecule has 1 unspecified atom stereocenters. The van der Waals surface area contributed by atoms with Gasteiger partial charge in [0.05, 0.1) is 24.2 Å². The van der Waals surface area contributed by atoms with Gasteiger partial charge in [-0.25, -0.2) is 0 Å². The summed E-state index contributed by atoms with van der Waals surface area (Å²) in [6.07, 6.45) is 2.85. The Morgan fingerprint density at radius 2 is 2.62 bits per heavy atom. The fourth-order valence-electron chi connectivity index (χ4n) is 1.62. The molecule has 0 aromatic carbocycles. The summed E-state index contributed by atoms with van der Waals surface area (Å²) in [4.78, 5) is 0. The zero-order chi connectivity index (χ0) is 9.26. The molecule has 1 aromatic heterocycles. The number of nitrogens with zero attached hydrogens (tertiary/aromatic N) is 2. The van der Waals surface area contributed by atoms with Crippen molar-refractivity contribution in [1.29, 1.82) is 0 Å². The quantitative estimate of drug-likeness (QED) is 0.734. The molecule has 0 amide bonds. The molecular weight excluding hydrogens is 166 g/mol. The molecule has 1 atom stereocenters. The molecule has 72 valence electrons. The number of hydrogen-bond acceptors (Lipinski definition) is 3. The van der Waals surface area contributed by atoms with Gasteiger partial charge in [0.2, 0.25) is 0 Å². The molecule has 0 radical (unpaired) electrons. The van der Waals surface area contributed by atoms with Gasteiger partial charge in [-0.05, 0) is 13.3 Å². The third kappa shape index (κ3) is 1.67. The Bertz CT molecular complexity index is 289. The number of ether oxygens (including phenoxy) is 1. The van der Waals surface area contributed by atoms with E-state index in [2.05, 4.69) is 5.10 Å². The van der Waals surface area contributed by atoms with Crippen molar-refractivity contribution in [3.8, 4) is 0 Å². The van der Waals surface area contributed by atoms with Crippen LogP contribution >= 0.6 is 0 Å². The van der Waals surface area contributed by atoms with Crippen molar-refractivity contribution >= 4 is 5.69 Å². The van der Waals surface area contributed by atoms with Crippen molar-refractivity contribution in [3.63, 3.8) is 0 Å². The van der Waals surface area contributed by atoms with E-state index in [1.807, 2.05) is 11.6 Å². The van der Waals surface area contributed by atoms with Gasteiger partial charge in [0.15, 0.2) is 0 Å². The van der Waals surface area contributed by atoms with Crippen LogP contribution in [0.2, 0.25) is 0 Å². The number of aromatic nitrogens is 2. The summed E-state index contributed by atoms with van der Waals surface area (Å²) in [6, 6.07) is 0. The molecule has 2 heterocycles. The lowest BCUT2D eigenvalue weighted by Gasteiger charge is -2.09. The molecule has 0 spiro atoms. The molecule has 13 heavy (non-hydrogen) atoms. The Kier molecular flexibility index (Phi) is 2.22. The molecule has 1 fully saturated rings. The first kappa shape index (κ1) is 8.56. The van der Waals surface area contributed by atoms with Crippen LogP contribution in [0.4, 0.5) is 5.69 Å². The van der Waals surface area contributed by atoms with E-state index < -0.39 is 0 Å². The Morgan fingerprint density at radius 3 is 3.15 bits per heavy atom. The minimum absolute atomic E-state index is 0.609. The summed E-state index contributed by atoms with van der Waals surface area (Å²) in [5.41, 5.74) is 7.54. The van der Waals surface area contributed by atoms with Gasteiger partial charge < -0.3 is 10.5 Å². The largest absolute Gasteiger partial charge is 0.396 e. The van der Waals surface area contributed by atoms with Crippen molar-refractivity contribution < 1.29 is 4.74 Å². The fourth-order valence-corrected chi connectivity index (χ4v) is 1.62. The maximum atomic E-state index is 5.70. The third-order valence-corrected chi connectivity index (χ3v) is 2.60. The van der Waals surface area contributed by atoms with Crippen LogP contribution in [0.25, 0.3) is 0 Å². The fraction of sp³-hybridized carbons (Fsp3) is 0.667. The van der Waals surface area contributed by atoms with Crippen molar-refractivity contribution in [1.82, 2.24) is 9.78 Å². The van der Waals surface area contributed by atoms with E-state index in [1.165, 1.54) is 0 Å². The molecule has 4 heteroatoms. The van der Waals surface area contributed by atoms with Crippen LogP contribution in [0.5, 0.6) is 0 Å². The highest BCUT2D eigenvalue weighted by Crippen LogP contribution is 2.17. The van der Waals surface area contributed by atoms with Gasteiger partial charge in [-0.15, -0.1) is 0 Å². The Labute approximate surface area is 77.7 Å². The average Bonchev–Trinajstić information content (AvgIpc) is 2.71. The Hall–Kier alpha value is -1.03. The second kappa shape index (κ2) is 3.38. The summed E-state index contributed by atoms with van der Waals surface area (Å²) in [5, 5.41) is 4.21. The van der Waals surface area contributed by atoms with Crippen LogP contribution in [0, 0.1) is 12.8 Å². The van der Waals surface area contributed by atoms with Gasteiger partial charge in [0, 0.05) is 19.1 Å². The predicted molar refractivity (Wildman–Crippen MR) is 50.3 cm³/mol. The summed E-state index contributed by atoms with van der Waals surface area (Å²) >= 11 is 0. The summed E-state index contributed by atoms with van der Waals surface area (Å²) < 4.78 is 7.27. The maximum Gasteiger partial charge on any atom is 0.0730 e. The Balaban J connectivity index is 2.04. The molecule has 0 aliphatic carbocycles. The second-order valence-electron chi connectivity index (χ2n) is 3.60. The predicted octanol–water partition coefficient (Wildman–Crippen LogP) is 0.810. The van der Waals surface area contributed by atoms with Crippen LogP contribution in [-0.4, -0.2) is 23.0 Å². The lowest BCUT2D eigenvalue weighted by molar-refractivity contribution is 0.181. The van der Waals surface area contributed by atoms with Crippen LogP contribution in [0.1, 0.15) is 12.1 Å². The van der Waals surface area contributed by atoms with E-state index in [0.717, 1.165) is 37.6 Å². The van der Waals surface area contributed by atoms with E-state index in [1.54, 1.807) is 6.20 Å². The minimum atomic E-state index is 0.609. The van der Waals surface area contributed by atoms with Gasteiger partial charge in [-0.1, -0.05) is 0 Å². The summed E-state index contributed by atoms with van der Waals surface area (Å²) in [6.45, 7) is 4.68. The molecule has 0 saturated carbocycles. The highest BCUT2D eigenvalue weighted by Gasteiger charge is 2.17. The van der Waals surface area contributed by atoms with E-state index in [4.69, 9.17) is 10.5 Å². The molecule has 1 aliphatic rings. The third-order valence-electron chi connectivity index (χ3n) is 2.60. The molecule has 1 aromatic rings. The zero-order valence-corrected chi connectivity index (χ0v) is 7.86. The van der Waals surface area contributed by atoms with E-state index in [9.17, 15) is 0 Å². The van der Waals surface area contributed by atoms with Gasteiger partial charge >= 0.3 is 0 Å². The molecule has 1 aliphatic heterocycles. The van der Waals surface area contributed by atoms with Crippen LogP contribution in [0.15, 0.2) is 6.20 Å². The highest BCUT2D eigenvalue weighted by molar-refractivity contribution is 5.39. The minimum Gasteiger partial charge on any atom is -0.396 e. The number of anilines is 1. The standard InChI is InChI=1S/C9H15N3O/c1-7-9(10)4-11-12(7)5-8-2-3-13-6-8/h4,8H,2-3,5-6,10H2,1H3. The second-order valence-corrected chi connectivity index (χ2v) is 3.60. The maximum absolute atomic E-state index is 5.70. The van der Waals surface area contributed by atoms with Gasteiger partial charge in [-0.3, -0.25) is 4.68 Å². The first-order valence-electron chi connectivity index (χ1n) is 4.63. The molecule has 2 rings (SSSR count). The smallest absolute Gasteiger partial charge is 0.0730 e. The van der Waals surface area contributed by atoms with Gasteiger partial charge in [-0.2, -0.15) is 5.10 Å². The van der Waals surface area contributed by atoms with Crippen LogP contribution in [-0.2, 0) is 11.3 Å². The molecular formula is C9H15N3O. The van der Waals surface area contributed by atoms with Crippen molar-refractivity contribution in [2.75, 3.05) is 18.9 Å². The number of nitrogen functional groups attached to an aromatic ring is 1. The van der Waals surface area contributed by atoms with Crippen molar-refractivity contribution in [2.45, 2.75) is 19.9 Å². The Morgan fingerprint density at radius 1 is 1.77 bits per heavy atom. The van der Waals surface area contributed by atoms with Crippen LogP contribution in [0.3, 0.4) is 0 Å². The zero-order valence-electron chi connectivity index (χ0n) is 7.86. The summed E-state index contributed by atoms with van der Waals surface area (Å²) in [7, 11) is 0. The monoisotopic (exact) mass is 181 g/mol. The molecule has 0 bridgehead atoms. The van der Waals surface area contributed by atoms with Crippen molar-refractivity contribution in [3.05, 3.63) is 11.9 Å². The highest BCUT2D eigenvalue weighted by atomic mass is 16.5. The number of rotatable bonds is 2. The van der Waals surface area contributed by atoms with Crippen LogP contribution < -0.4 is 5.73 Å². The molecule has 4 nitrogen and oxygen atoms in total. The first-order chi connectivity index (χ1) is 6.27. The first-order valence-corrected chi connectivity index (χ1v) is 4.63. The topological polar surface area (TPSA) is 53.1 Å². The van der Waals surface area contributed by atoms with Gasteiger partial charge in [0.1, 0.15) is 0 Å². The lowest BCUT2D eigenvalue weighted by Crippen LogP contribution is -2.13. The van der Waals surface area contributed by atoms with E-state index >= 15 is 0 Å². The number of nitrogens with two attached hydrogens (primary N) is 1. The summed E-state index contributed by atoms with van der Waals surface area (Å²) in [5.74, 6) is 0.609. The number of hydrogen-bond donors (Lipinski definition) is 1. The average molecular weight is 181 g/mol. The molecule has 1 saturated heterocycles. The SMILES string of the molecule is Cc1c(N)cnn1CC1CCOC1. The van der Waals surface area contributed by atoms with Gasteiger partial charge in [0.25, 0.3) is 0 Å². The molecule has 2 N–H and O–H groups in total. The van der Waals surface area contributed by atoms with E-state index in [-0.39, 0.29) is 0 Å². The van der Waals surface area contributed by atoms with Crippen molar-refractivity contribution in [2.24, 2.45) is 5.92 Å². The van der Waals surface area contributed by atoms with E-state index in [0.29, 0.717) is 5.92 Å². The lowest BCUT2D eigenvalue weighted by atomic mass is 10.1. The normalized spacial score (nSPS) is 22.4.